The molecule has 2 heteroatoms. The van der Waals surface area contributed by atoms with E-state index in [4.69, 9.17) is 0 Å². The average molecular weight is 260 g/mol. The van der Waals surface area contributed by atoms with Gasteiger partial charge in [0, 0.05) is 25.2 Å². The normalized spacial score (nSPS) is 17.5. The summed E-state index contributed by atoms with van der Waals surface area (Å²) in [6, 6.07) is 10.3. The molecular weight excluding hydrogens is 232 g/mol. The Balaban J connectivity index is 1.75. The molecule has 2 nitrogen and oxygen atoms in total. The fourth-order valence-corrected chi connectivity index (χ4v) is 2.12. The zero-order valence-electron chi connectivity index (χ0n) is 12.8. The van der Waals surface area contributed by atoms with Gasteiger partial charge in [-0.05, 0) is 36.3 Å². The Labute approximate surface area is 118 Å². The Bertz CT molecular complexity index is 385. The minimum Gasteiger partial charge on any atom is -0.312 e. The van der Waals surface area contributed by atoms with Crippen molar-refractivity contribution >= 4 is 0 Å². The Hall–Kier alpha value is -0.860. The highest BCUT2D eigenvalue weighted by atomic mass is 15.0. The fraction of sp³-hybridized carbons (Fsp3) is 0.647. The van der Waals surface area contributed by atoms with E-state index in [1.807, 2.05) is 0 Å². The molecule has 2 N–H and O–H groups in total. The maximum atomic E-state index is 3.58. The summed E-state index contributed by atoms with van der Waals surface area (Å²) in [5.41, 5.74) is 3.01. The van der Waals surface area contributed by atoms with Crippen molar-refractivity contribution in [1.29, 1.82) is 0 Å². The van der Waals surface area contributed by atoms with E-state index in [1.165, 1.54) is 24.0 Å². The van der Waals surface area contributed by atoms with E-state index < -0.39 is 0 Å². The van der Waals surface area contributed by atoms with Crippen LogP contribution in [0, 0.1) is 0 Å². The second kappa shape index (κ2) is 6.06. The molecule has 0 heterocycles. The molecule has 0 radical (unpaired) electrons. The molecule has 1 fully saturated rings. The largest absolute Gasteiger partial charge is 0.312 e. The molecule has 1 atom stereocenters. The van der Waals surface area contributed by atoms with Crippen LogP contribution in [0.4, 0.5) is 0 Å². The molecule has 19 heavy (non-hydrogen) atoms. The number of rotatable bonds is 6. The molecule has 0 spiro atoms. The summed E-state index contributed by atoms with van der Waals surface area (Å²) in [6.07, 6.45) is 2.72. The third-order valence-corrected chi connectivity index (χ3v) is 3.76. The van der Waals surface area contributed by atoms with Crippen LogP contribution in [-0.2, 0) is 12.0 Å². The van der Waals surface area contributed by atoms with Crippen molar-refractivity contribution in [2.45, 2.75) is 64.6 Å². The maximum Gasteiger partial charge on any atom is 0.0208 e. The average Bonchev–Trinajstić information content (AvgIpc) is 3.17. The second-order valence-electron chi connectivity index (χ2n) is 6.91. The van der Waals surface area contributed by atoms with Crippen LogP contribution in [0.3, 0.4) is 0 Å². The molecule has 1 aliphatic rings. The zero-order chi connectivity index (χ0) is 13.9. The van der Waals surface area contributed by atoms with Crippen LogP contribution in [0.25, 0.3) is 0 Å². The predicted molar refractivity (Wildman–Crippen MR) is 82.5 cm³/mol. The molecule has 0 amide bonds. The van der Waals surface area contributed by atoms with Gasteiger partial charge in [0.1, 0.15) is 0 Å². The standard InChI is InChI=1S/C17H28N2/c1-13(11-19-16-9-10-16)18-12-14-5-7-15(8-6-14)17(2,3)4/h5-8,13,16,18-19H,9-12H2,1-4H3. The highest BCUT2D eigenvalue weighted by Crippen LogP contribution is 2.22. The van der Waals surface area contributed by atoms with Crippen molar-refractivity contribution in [2.24, 2.45) is 0 Å². The topological polar surface area (TPSA) is 24.1 Å². The molecule has 0 aromatic heterocycles. The van der Waals surface area contributed by atoms with Crippen LogP contribution >= 0.6 is 0 Å². The van der Waals surface area contributed by atoms with Crippen LogP contribution < -0.4 is 10.6 Å². The van der Waals surface area contributed by atoms with Gasteiger partial charge < -0.3 is 10.6 Å². The van der Waals surface area contributed by atoms with Gasteiger partial charge in [-0.1, -0.05) is 45.0 Å². The van der Waals surface area contributed by atoms with Gasteiger partial charge in [0.05, 0.1) is 0 Å². The first-order valence-corrected chi connectivity index (χ1v) is 7.51. The van der Waals surface area contributed by atoms with Crippen LogP contribution in [0.5, 0.6) is 0 Å². The smallest absolute Gasteiger partial charge is 0.0208 e. The number of benzene rings is 1. The van der Waals surface area contributed by atoms with Gasteiger partial charge in [-0.3, -0.25) is 0 Å². The van der Waals surface area contributed by atoms with E-state index in [2.05, 4.69) is 62.6 Å². The lowest BCUT2D eigenvalue weighted by molar-refractivity contribution is 0.500. The Morgan fingerprint density at radius 2 is 1.79 bits per heavy atom. The minimum atomic E-state index is 0.243. The Kier molecular flexibility index (Phi) is 4.64. The van der Waals surface area contributed by atoms with Gasteiger partial charge in [-0.25, -0.2) is 0 Å². The van der Waals surface area contributed by atoms with Crippen molar-refractivity contribution < 1.29 is 0 Å². The molecule has 0 saturated heterocycles. The van der Waals surface area contributed by atoms with Crippen molar-refractivity contribution in [1.82, 2.24) is 10.6 Å². The van der Waals surface area contributed by atoms with E-state index >= 15 is 0 Å². The maximum absolute atomic E-state index is 3.58. The van der Waals surface area contributed by atoms with Gasteiger partial charge in [0.25, 0.3) is 0 Å². The van der Waals surface area contributed by atoms with E-state index in [0.717, 1.165) is 19.1 Å². The van der Waals surface area contributed by atoms with Gasteiger partial charge >= 0.3 is 0 Å². The van der Waals surface area contributed by atoms with Crippen LogP contribution in [0.2, 0.25) is 0 Å². The van der Waals surface area contributed by atoms with E-state index in [9.17, 15) is 0 Å². The summed E-state index contributed by atoms with van der Waals surface area (Å²) >= 11 is 0. The lowest BCUT2D eigenvalue weighted by Gasteiger charge is -2.19. The van der Waals surface area contributed by atoms with Crippen LogP contribution in [0.15, 0.2) is 24.3 Å². The summed E-state index contributed by atoms with van der Waals surface area (Å²) in [7, 11) is 0. The van der Waals surface area contributed by atoms with Gasteiger partial charge in [0.2, 0.25) is 0 Å². The predicted octanol–water partition coefficient (Wildman–Crippen LogP) is 3.21. The lowest BCUT2D eigenvalue weighted by Crippen LogP contribution is -2.36. The molecular formula is C17H28N2. The zero-order valence-corrected chi connectivity index (χ0v) is 12.8. The highest BCUT2D eigenvalue weighted by molar-refractivity contribution is 5.27. The molecule has 0 aliphatic heterocycles. The lowest BCUT2D eigenvalue weighted by atomic mass is 9.87. The summed E-state index contributed by atoms with van der Waals surface area (Å²) in [6.45, 7) is 11.0. The third kappa shape index (κ3) is 4.96. The molecule has 1 unspecified atom stereocenters. The first-order chi connectivity index (χ1) is 8.95. The summed E-state index contributed by atoms with van der Waals surface area (Å²) in [5.74, 6) is 0. The molecule has 0 bridgehead atoms. The van der Waals surface area contributed by atoms with Gasteiger partial charge in [-0.2, -0.15) is 0 Å². The monoisotopic (exact) mass is 260 g/mol. The van der Waals surface area contributed by atoms with E-state index in [-0.39, 0.29) is 5.41 Å². The van der Waals surface area contributed by atoms with Gasteiger partial charge in [-0.15, -0.1) is 0 Å². The quantitative estimate of drug-likeness (QED) is 0.820. The van der Waals surface area contributed by atoms with Crippen LogP contribution in [0.1, 0.15) is 51.7 Å². The Morgan fingerprint density at radius 3 is 2.32 bits per heavy atom. The minimum absolute atomic E-state index is 0.243. The summed E-state index contributed by atoms with van der Waals surface area (Å²) in [4.78, 5) is 0. The number of nitrogens with one attached hydrogen (secondary N) is 2. The number of hydrogen-bond acceptors (Lipinski definition) is 2. The van der Waals surface area contributed by atoms with Crippen molar-refractivity contribution in [3.05, 3.63) is 35.4 Å². The van der Waals surface area contributed by atoms with Crippen molar-refractivity contribution in [3.8, 4) is 0 Å². The number of hydrogen-bond donors (Lipinski definition) is 2. The fourth-order valence-electron chi connectivity index (χ4n) is 2.12. The molecule has 106 valence electrons. The molecule has 1 saturated carbocycles. The van der Waals surface area contributed by atoms with E-state index in [0.29, 0.717) is 6.04 Å². The summed E-state index contributed by atoms with van der Waals surface area (Å²) in [5, 5.41) is 7.14. The highest BCUT2D eigenvalue weighted by Gasteiger charge is 2.20. The summed E-state index contributed by atoms with van der Waals surface area (Å²) < 4.78 is 0. The Morgan fingerprint density at radius 1 is 1.16 bits per heavy atom. The van der Waals surface area contributed by atoms with E-state index in [1.54, 1.807) is 0 Å². The molecule has 1 aromatic rings. The molecule has 1 aromatic carbocycles. The van der Waals surface area contributed by atoms with Crippen molar-refractivity contribution in [3.63, 3.8) is 0 Å². The first-order valence-electron chi connectivity index (χ1n) is 7.51. The van der Waals surface area contributed by atoms with Crippen LogP contribution in [-0.4, -0.2) is 18.6 Å². The third-order valence-electron chi connectivity index (χ3n) is 3.76. The molecule has 2 rings (SSSR count). The molecule has 1 aliphatic carbocycles. The van der Waals surface area contributed by atoms with Gasteiger partial charge in [0.15, 0.2) is 0 Å². The first kappa shape index (κ1) is 14.5. The SMILES string of the molecule is CC(CNC1CC1)NCc1ccc(C(C)(C)C)cc1. The second-order valence-corrected chi connectivity index (χ2v) is 6.91. The van der Waals surface area contributed by atoms with Crippen molar-refractivity contribution in [2.75, 3.05) is 6.54 Å².